The monoisotopic (exact) mass is 422 g/mol. The number of rotatable bonds is 6. The van der Waals surface area contributed by atoms with Crippen LogP contribution in [0.3, 0.4) is 0 Å². The van der Waals surface area contributed by atoms with Crippen molar-refractivity contribution in [2.24, 2.45) is 5.41 Å². The molecular formula is C19H24BrFN4O. The molecule has 2 aromatic rings. The van der Waals surface area contributed by atoms with E-state index in [0.717, 1.165) is 56.5 Å². The van der Waals surface area contributed by atoms with Gasteiger partial charge in [0, 0.05) is 30.4 Å². The van der Waals surface area contributed by atoms with Gasteiger partial charge in [-0.3, -0.25) is 0 Å². The number of hydrogen-bond donors (Lipinski definition) is 1. The maximum atomic E-state index is 14.7. The molecule has 1 aromatic heterocycles. The van der Waals surface area contributed by atoms with Gasteiger partial charge in [0.05, 0.1) is 11.1 Å². The van der Waals surface area contributed by atoms with Crippen molar-refractivity contribution in [2.45, 2.75) is 32.1 Å². The van der Waals surface area contributed by atoms with Gasteiger partial charge < -0.3 is 15.0 Å². The Bertz CT molecular complexity index is 806. The Hall–Kier alpha value is -1.47. The van der Waals surface area contributed by atoms with Crippen molar-refractivity contribution < 1.29 is 9.13 Å². The summed E-state index contributed by atoms with van der Waals surface area (Å²) in [7, 11) is 1.95. The van der Waals surface area contributed by atoms with E-state index in [2.05, 4.69) is 36.1 Å². The zero-order valence-corrected chi connectivity index (χ0v) is 16.6. The summed E-state index contributed by atoms with van der Waals surface area (Å²) >= 11 is 3.26. The highest BCUT2D eigenvalue weighted by atomic mass is 79.9. The topological polar surface area (TPSA) is 50.3 Å². The second kappa shape index (κ2) is 7.27. The van der Waals surface area contributed by atoms with E-state index >= 15 is 0 Å². The molecule has 1 aromatic carbocycles. The first kappa shape index (κ1) is 17.9. The van der Waals surface area contributed by atoms with Gasteiger partial charge in [0.25, 0.3) is 0 Å². The zero-order valence-electron chi connectivity index (χ0n) is 15.0. The van der Waals surface area contributed by atoms with E-state index < -0.39 is 0 Å². The van der Waals surface area contributed by atoms with Gasteiger partial charge in [-0.1, -0.05) is 0 Å². The minimum atomic E-state index is -0.357. The maximum absolute atomic E-state index is 14.7. The average molecular weight is 423 g/mol. The molecule has 1 saturated heterocycles. The minimum absolute atomic E-state index is 0.175. The molecule has 1 aliphatic heterocycles. The molecule has 2 heterocycles. The first-order valence-corrected chi connectivity index (χ1v) is 10.1. The number of piperidine rings is 1. The predicted molar refractivity (Wildman–Crippen MR) is 104 cm³/mol. The summed E-state index contributed by atoms with van der Waals surface area (Å²) in [6.45, 7) is 3.35. The molecule has 4 rings (SSSR count). The van der Waals surface area contributed by atoms with Crippen molar-refractivity contribution >= 4 is 32.7 Å². The molecule has 140 valence electrons. The number of benzene rings is 1. The molecule has 2 aliphatic rings. The lowest BCUT2D eigenvalue weighted by molar-refractivity contribution is 0.216. The summed E-state index contributed by atoms with van der Waals surface area (Å²) in [6, 6.07) is 3.89. The molecule has 1 N–H and O–H groups in total. The zero-order chi connectivity index (χ0) is 18.1. The van der Waals surface area contributed by atoms with Crippen LogP contribution in [-0.2, 0) is 0 Å². The number of anilines is 1. The second-order valence-corrected chi connectivity index (χ2v) is 8.31. The molecule has 0 spiro atoms. The molecule has 2 fully saturated rings. The average Bonchev–Trinajstić information content (AvgIpc) is 3.43. The van der Waals surface area contributed by atoms with Crippen LogP contribution >= 0.6 is 15.9 Å². The van der Waals surface area contributed by atoms with Gasteiger partial charge >= 0.3 is 6.01 Å². The van der Waals surface area contributed by atoms with E-state index in [1.54, 1.807) is 6.07 Å². The van der Waals surface area contributed by atoms with Crippen LogP contribution in [0.4, 0.5) is 10.2 Å². The summed E-state index contributed by atoms with van der Waals surface area (Å²) in [4.78, 5) is 11.3. The van der Waals surface area contributed by atoms with Gasteiger partial charge in [-0.25, -0.2) is 4.39 Å². The van der Waals surface area contributed by atoms with E-state index in [1.165, 1.54) is 6.42 Å². The Balaban J connectivity index is 1.69. The fourth-order valence-corrected chi connectivity index (χ4v) is 3.97. The molecule has 26 heavy (non-hydrogen) atoms. The van der Waals surface area contributed by atoms with Crippen molar-refractivity contribution in [3.63, 3.8) is 0 Å². The number of hydrogen-bond acceptors (Lipinski definition) is 5. The fraction of sp³-hybridized carbons (Fsp3) is 0.579. The van der Waals surface area contributed by atoms with Gasteiger partial charge in [0.1, 0.15) is 11.3 Å². The van der Waals surface area contributed by atoms with Crippen LogP contribution in [0.25, 0.3) is 10.9 Å². The third kappa shape index (κ3) is 3.51. The summed E-state index contributed by atoms with van der Waals surface area (Å²) in [5.74, 6) is 0.430. The lowest BCUT2D eigenvalue weighted by Crippen LogP contribution is -2.31. The highest BCUT2D eigenvalue weighted by molar-refractivity contribution is 9.10. The van der Waals surface area contributed by atoms with E-state index in [9.17, 15) is 4.39 Å². The van der Waals surface area contributed by atoms with Crippen LogP contribution in [0, 0.1) is 11.2 Å². The Labute approximate surface area is 161 Å². The lowest BCUT2D eigenvalue weighted by Gasteiger charge is -2.29. The number of halogens is 2. The van der Waals surface area contributed by atoms with Crippen molar-refractivity contribution in [1.29, 1.82) is 0 Å². The Kier molecular flexibility index (Phi) is 5.01. The van der Waals surface area contributed by atoms with Gasteiger partial charge in [-0.15, -0.1) is 0 Å². The third-order valence-corrected chi connectivity index (χ3v) is 6.00. The molecule has 0 bridgehead atoms. The standard InChI is InChI=1S/C19H24BrFN4O/c1-22-11-19(7-8-19)12-26-18-23-16-13(5-6-14(20)15(16)21)17(24-18)25-9-3-2-4-10-25/h5-6,22H,2-4,7-12H2,1H3. The predicted octanol–water partition coefficient (Wildman–Crippen LogP) is 3.90. The Morgan fingerprint density at radius 3 is 2.69 bits per heavy atom. The van der Waals surface area contributed by atoms with Crippen molar-refractivity contribution in [1.82, 2.24) is 15.3 Å². The number of nitrogens with zero attached hydrogens (tertiary/aromatic N) is 3. The van der Waals surface area contributed by atoms with E-state index in [1.807, 2.05) is 13.1 Å². The largest absolute Gasteiger partial charge is 0.463 e. The molecule has 1 saturated carbocycles. The van der Waals surface area contributed by atoms with Crippen LogP contribution in [0.2, 0.25) is 0 Å². The number of nitrogens with one attached hydrogen (secondary N) is 1. The lowest BCUT2D eigenvalue weighted by atomic mass is 10.1. The molecule has 5 nitrogen and oxygen atoms in total. The fourth-order valence-electron chi connectivity index (χ4n) is 3.65. The van der Waals surface area contributed by atoms with Gasteiger partial charge in [-0.2, -0.15) is 9.97 Å². The molecule has 1 aliphatic carbocycles. The Morgan fingerprint density at radius 2 is 2.00 bits per heavy atom. The minimum Gasteiger partial charge on any atom is -0.463 e. The molecule has 0 unspecified atom stereocenters. The van der Waals surface area contributed by atoms with Crippen LogP contribution in [0.5, 0.6) is 6.01 Å². The van der Waals surface area contributed by atoms with Crippen LogP contribution in [0.1, 0.15) is 32.1 Å². The summed E-state index contributed by atoms with van der Waals surface area (Å²) in [6.07, 6.45) is 5.77. The highest BCUT2D eigenvalue weighted by Gasteiger charge is 2.43. The molecule has 0 radical (unpaired) electrons. The van der Waals surface area contributed by atoms with E-state index in [4.69, 9.17) is 4.74 Å². The van der Waals surface area contributed by atoms with Crippen LogP contribution in [0.15, 0.2) is 16.6 Å². The van der Waals surface area contributed by atoms with Crippen molar-refractivity contribution in [3.05, 3.63) is 22.4 Å². The normalized spacial score (nSPS) is 19.0. The van der Waals surface area contributed by atoms with Crippen LogP contribution in [-0.4, -0.2) is 43.3 Å². The van der Waals surface area contributed by atoms with Gasteiger partial charge in [0.15, 0.2) is 5.82 Å². The van der Waals surface area contributed by atoms with Gasteiger partial charge in [0.2, 0.25) is 0 Å². The highest BCUT2D eigenvalue weighted by Crippen LogP contribution is 2.45. The number of fused-ring (bicyclic) bond motifs is 1. The number of ether oxygens (including phenoxy) is 1. The van der Waals surface area contributed by atoms with E-state index in [0.29, 0.717) is 16.6 Å². The van der Waals surface area contributed by atoms with Crippen molar-refractivity contribution in [2.75, 3.05) is 38.2 Å². The first-order valence-electron chi connectivity index (χ1n) is 9.30. The van der Waals surface area contributed by atoms with Gasteiger partial charge in [-0.05, 0) is 67.2 Å². The summed E-state index contributed by atoms with van der Waals surface area (Å²) in [5.41, 5.74) is 0.497. The first-order chi connectivity index (χ1) is 12.6. The second-order valence-electron chi connectivity index (χ2n) is 7.45. The number of aromatic nitrogens is 2. The van der Waals surface area contributed by atoms with Crippen molar-refractivity contribution in [3.8, 4) is 6.01 Å². The third-order valence-electron chi connectivity index (χ3n) is 5.39. The summed E-state index contributed by atoms with van der Waals surface area (Å²) in [5, 5.41) is 3.97. The summed E-state index contributed by atoms with van der Waals surface area (Å²) < 4.78 is 21.1. The quantitative estimate of drug-likeness (QED) is 0.764. The van der Waals surface area contributed by atoms with Crippen LogP contribution < -0.4 is 15.0 Å². The van der Waals surface area contributed by atoms with E-state index in [-0.39, 0.29) is 17.2 Å². The maximum Gasteiger partial charge on any atom is 0.319 e. The smallest absolute Gasteiger partial charge is 0.319 e. The molecular weight excluding hydrogens is 399 g/mol. The SMILES string of the molecule is CNCC1(COc2nc(N3CCCCC3)c3ccc(Br)c(F)c3n2)CC1. The Morgan fingerprint density at radius 1 is 1.23 bits per heavy atom. The molecule has 0 amide bonds. The molecule has 7 heteroatoms. The molecule has 0 atom stereocenters.